The summed E-state index contributed by atoms with van der Waals surface area (Å²) in [5.41, 5.74) is 2.28. The van der Waals surface area contributed by atoms with E-state index in [0.29, 0.717) is 22.7 Å². The molecule has 1 fully saturated rings. The van der Waals surface area contributed by atoms with E-state index in [1.165, 1.54) is 18.4 Å². The quantitative estimate of drug-likeness (QED) is 0.900. The van der Waals surface area contributed by atoms with Crippen LogP contribution in [-0.2, 0) is 6.54 Å². The molecule has 20 heavy (non-hydrogen) atoms. The smallest absolute Gasteiger partial charge is 0.219 e. The number of nitrogens with one attached hydrogen (secondary N) is 1. The minimum Gasteiger partial charge on any atom is -0.437 e. The van der Waals surface area contributed by atoms with Gasteiger partial charge in [0.1, 0.15) is 5.75 Å². The summed E-state index contributed by atoms with van der Waals surface area (Å²) in [5.74, 6) is 1.21. The highest BCUT2D eigenvalue weighted by molar-refractivity contribution is 6.32. The van der Waals surface area contributed by atoms with Crippen LogP contribution in [0.5, 0.6) is 11.6 Å². The van der Waals surface area contributed by atoms with Crippen LogP contribution in [0.4, 0.5) is 0 Å². The van der Waals surface area contributed by atoms with Crippen molar-refractivity contribution < 1.29 is 4.74 Å². The van der Waals surface area contributed by atoms with Crippen molar-refractivity contribution in [2.45, 2.75) is 32.4 Å². The minimum absolute atomic E-state index is 0.575. The molecular formula is C16H17ClN2O. The molecule has 1 heterocycles. The zero-order chi connectivity index (χ0) is 13.9. The maximum atomic E-state index is 6.17. The highest BCUT2D eigenvalue weighted by Gasteiger charge is 2.19. The topological polar surface area (TPSA) is 34.1 Å². The standard InChI is InChI=1S/C16H17ClN2O/c1-11-2-5-15(14(17)8-11)20-16-9-12(6-7-18-16)10-19-13-3-4-13/h2,5-9,13,19H,3-4,10H2,1H3. The molecule has 104 valence electrons. The first-order chi connectivity index (χ1) is 9.70. The summed E-state index contributed by atoms with van der Waals surface area (Å²) in [7, 11) is 0. The average molecular weight is 289 g/mol. The predicted octanol–water partition coefficient (Wildman–Crippen LogP) is 4.09. The fourth-order valence-corrected chi connectivity index (χ4v) is 2.24. The number of nitrogens with zero attached hydrogens (tertiary/aromatic N) is 1. The summed E-state index contributed by atoms with van der Waals surface area (Å²) in [5, 5.41) is 4.08. The van der Waals surface area contributed by atoms with Crippen molar-refractivity contribution in [1.29, 1.82) is 0 Å². The van der Waals surface area contributed by atoms with Gasteiger partial charge in [-0.1, -0.05) is 17.7 Å². The SMILES string of the molecule is Cc1ccc(Oc2cc(CNC3CC3)ccn2)c(Cl)c1. The Morgan fingerprint density at radius 1 is 1.30 bits per heavy atom. The normalized spacial score (nSPS) is 14.3. The zero-order valence-corrected chi connectivity index (χ0v) is 12.2. The molecule has 1 aliphatic carbocycles. The Morgan fingerprint density at radius 2 is 2.15 bits per heavy atom. The van der Waals surface area contributed by atoms with E-state index >= 15 is 0 Å². The molecule has 0 saturated heterocycles. The average Bonchev–Trinajstić information content (AvgIpc) is 3.24. The van der Waals surface area contributed by atoms with Crippen molar-refractivity contribution >= 4 is 11.6 Å². The van der Waals surface area contributed by atoms with Crippen molar-refractivity contribution in [1.82, 2.24) is 10.3 Å². The molecule has 0 unspecified atom stereocenters. The van der Waals surface area contributed by atoms with Crippen LogP contribution >= 0.6 is 11.6 Å². The van der Waals surface area contributed by atoms with Crippen LogP contribution in [0, 0.1) is 6.92 Å². The first-order valence-electron chi connectivity index (χ1n) is 6.83. The van der Waals surface area contributed by atoms with Crippen molar-refractivity contribution in [2.24, 2.45) is 0 Å². The lowest BCUT2D eigenvalue weighted by Gasteiger charge is -2.09. The maximum absolute atomic E-state index is 6.17. The number of halogens is 1. The molecule has 1 aromatic carbocycles. The van der Waals surface area contributed by atoms with E-state index in [-0.39, 0.29) is 0 Å². The van der Waals surface area contributed by atoms with E-state index in [1.807, 2.05) is 37.3 Å². The van der Waals surface area contributed by atoms with Crippen molar-refractivity contribution in [2.75, 3.05) is 0 Å². The molecule has 2 aromatic rings. The molecule has 0 atom stereocenters. The third-order valence-corrected chi connectivity index (χ3v) is 3.57. The Balaban J connectivity index is 1.70. The van der Waals surface area contributed by atoms with Gasteiger partial charge in [0.05, 0.1) is 5.02 Å². The molecular weight excluding hydrogens is 272 g/mol. The van der Waals surface area contributed by atoms with E-state index in [2.05, 4.69) is 10.3 Å². The fraction of sp³-hybridized carbons (Fsp3) is 0.312. The van der Waals surface area contributed by atoms with Gasteiger partial charge in [-0.05, 0) is 49.1 Å². The Bertz CT molecular complexity index is 611. The molecule has 0 amide bonds. The first-order valence-corrected chi connectivity index (χ1v) is 7.21. The molecule has 0 aliphatic heterocycles. The summed E-state index contributed by atoms with van der Waals surface area (Å²) in [6.07, 6.45) is 4.34. The summed E-state index contributed by atoms with van der Waals surface area (Å²) in [6, 6.07) is 10.4. The molecule has 1 saturated carbocycles. The molecule has 0 spiro atoms. The van der Waals surface area contributed by atoms with Crippen LogP contribution in [0.3, 0.4) is 0 Å². The van der Waals surface area contributed by atoms with Crippen molar-refractivity contribution in [3.8, 4) is 11.6 Å². The van der Waals surface area contributed by atoms with E-state index in [1.54, 1.807) is 6.20 Å². The molecule has 0 bridgehead atoms. The van der Waals surface area contributed by atoms with Gasteiger partial charge in [0.2, 0.25) is 5.88 Å². The maximum Gasteiger partial charge on any atom is 0.219 e. The Kier molecular flexibility index (Phi) is 3.90. The molecule has 1 aromatic heterocycles. The minimum atomic E-state index is 0.575. The van der Waals surface area contributed by atoms with Crippen LogP contribution in [-0.4, -0.2) is 11.0 Å². The number of hydrogen-bond acceptors (Lipinski definition) is 3. The summed E-state index contributed by atoms with van der Waals surface area (Å²) in [6.45, 7) is 2.85. The largest absolute Gasteiger partial charge is 0.437 e. The molecule has 0 radical (unpaired) electrons. The summed E-state index contributed by atoms with van der Waals surface area (Å²) < 4.78 is 5.76. The van der Waals surface area contributed by atoms with Crippen LogP contribution in [0.25, 0.3) is 0 Å². The second-order valence-electron chi connectivity index (χ2n) is 5.19. The highest BCUT2D eigenvalue weighted by Crippen LogP contribution is 2.29. The van der Waals surface area contributed by atoms with Crippen LogP contribution < -0.4 is 10.1 Å². The van der Waals surface area contributed by atoms with Gasteiger partial charge in [-0.3, -0.25) is 0 Å². The number of pyridine rings is 1. The van der Waals surface area contributed by atoms with Gasteiger partial charge in [0, 0.05) is 24.8 Å². The van der Waals surface area contributed by atoms with Crippen LogP contribution in [0.15, 0.2) is 36.5 Å². The van der Waals surface area contributed by atoms with E-state index in [4.69, 9.17) is 16.3 Å². The van der Waals surface area contributed by atoms with Gasteiger partial charge in [-0.15, -0.1) is 0 Å². The van der Waals surface area contributed by atoms with Crippen LogP contribution in [0.1, 0.15) is 24.0 Å². The van der Waals surface area contributed by atoms with Crippen molar-refractivity contribution in [3.63, 3.8) is 0 Å². The monoisotopic (exact) mass is 288 g/mol. The molecule has 1 aliphatic rings. The number of rotatable bonds is 5. The van der Waals surface area contributed by atoms with Crippen LogP contribution in [0.2, 0.25) is 5.02 Å². The van der Waals surface area contributed by atoms with Crippen molar-refractivity contribution in [3.05, 3.63) is 52.7 Å². The number of aromatic nitrogens is 1. The second kappa shape index (κ2) is 5.81. The van der Waals surface area contributed by atoms with E-state index in [0.717, 1.165) is 12.1 Å². The van der Waals surface area contributed by atoms with Gasteiger partial charge in [-0.25, -0.2) is 4.98 Å². The summed E-state index contributed by atoms with van der Waals surface area (Å²) in [4.78, 5) is 4.23. The number of ether oxygens (including phenoxy) is 1. The lowest BCUT2D eigenvalue weighted by Crippen LogP contribution is -2.15. The molecule has 1 N–H and O–H groups in total. The number of aryl methyl sites for hydroxylation is 1. The third-order valence-electron chi connectivity index (χ3n) is 3.27. The van der Waals surface area contributed by atoms with Gasteiger partial charge < -0.3 is 10.1 Å². The fourth-order valence-electron chi connectivity index (χ4n) is 1.97. The van der Waals surface area contributed by atoms with Gasteiger partial charge in [-0.2, -0.15) is 0 Å². The lowest BCUT2D eigenvalue weighted by atomic mass is 10.2. The lowest BCUT2D eigenvalue weighted by molar-refractivity contribution is 0.462. The zero-order valence-electron chi connectivity index (χ0n) is 11.4. The van der Waals surface area contributed by atoms with Gasteiger partial charge in [0.15, 0.2) is 0 Å². The Labute approximate surface area is 123 Å². The van der Waals surface area contributed by atoms with E-state index in [9.17, 15) is 0 Å². The number of benzene rings is 1. The molecule has 3 rings (SSSR count). The van der Waals surface area contributed by atoms with E-state index < -0.39 is 0 Å². The van der Waals surface area contributed by atoms with Gasteiger partial charge in [0.25, 0.3) is 0 Å². The third kappa shape index (κ3) is 3.50. The predicted molar refractivity (Wildman–Crippen MR) is 80.4 cm³/mol. The Hall–Kier alpha value is -1.58. The highest BCUT2D eigenvalue weighted by atomic mass is 35.5. The first kappa shape index (κ1) is 13.4. The number of hydrogen-bond donors (Lipinski definition) is 1. The Morgan fingerprint density at radius 3 is 2.90 bits per heavy atom. The van der Waals surface area contributed by atoms with Gasteiger partial charge >= 0.3 is 0 Å². The summed E-state index contributed by atoms with van der Waals surface area (Å²) >= 11 is 6.17. The molecule has 3 nitrogen and oxygen atoms in total. The second-order valence-corrected chi connectivity index (χ2v) is 5.60. The molecule has 4 heteroatoms.